The molecule has 1 heterocycles. The zero-order chi connectivity index (χ0) is 19.2. The number of para-hydroxylation sites is 2. The molecule has 2 aromatic carbocycles. The predicted octanol–water partition coefficient (Wildman–Crippen LogP) is 1.93. The van der Waals surface area contributed by atoms with Crippen molar-refractivity contribution >= 4 is 23.2 Å². The summed E-state index contributed by atoms with van der Waals surface area (Å²) in [5.74, 6) is 0.980. The minimum Gasteiger partial charge on any atom is -0.495 e. The maximum absolute atomic E-state index is 12.4. The fourth-order valence-electron chi connectivity index (χ4n) is 3.49. The van der Waals surface area contributed by atoms with Crippen LogP contribution in [0.4, 0.5) is 5.69 Å². The molecule has 1 amide bonds. The van der Waals surface area contributed by atoms with Crippen LogP contribution in [-0.4, -0.2) is 45.7 Å². The minimum atomic E-state index is -0.0240. The van der Waals surface area contributed by atoms with E-state index in [1.54, 1.807) is 7.11 Å². The summed E-state index contributed by atoms with van der Waals surface area (Å²) >= 11 is 5.92. The van der Waals surface area contributed by atoms with E-state index < -0.39 is 0 Å². The molecule has 2 aromatic rings. The summed E-state index contributed by atoms with van der Waals surface area (Å²) in [6.45, 7) is 6.18. The van der Waals surface area contributed by atoms with Gasteiger partial charge in [0, 0.05) is 5.02 Å². The number of nitrogens with zero attached hydrogens (tertiary/aromatic N) is 1. The van der Waals surface area contributed by atoms with Crippen LogP contribution in [0.3, 0.4) is 0 Å². The Morgan fingerprint density at radius 3 is 2.52 bits per heavy atom. The molecule has 3 rings (SSSR count). The number of quaternary nitrogens is 1. The summed E-state index contributed by atoms with van der Waals surface area (Å²) < 4.78 is 5.46. The van der Waals surface area contributed by atoms with Gasteiger partial charge in [-0.15, -0.1) is 0 Å². The van der Waals surface area contributed by atoms with E-state index in [2.05, 4.69) is 16.3 Å². The second-order valence-electron chi connectivity index (χ2n) is 6.93. The number of hydrogen-bond acceptors (Lipinski definition) is 3. The van der Waals surface area contributed by atoms with Gasteiger partial charge in [-0.1, -0.05) is 35.9 Å². The first-order valence-corrected chi connectivity index (χ1v) is 9.71. The van der Waals surface area contributed by atoms with Crippen molar-refractivity contribution in [1.29, 1.82) is 0 Å². The fraction of sp³-hybridized carbons (Fsp3) is 0.381. The molecule has 1 aliphatic rings. The van der Waals surface area contributed by atoms with E-state index in [0.717, 1.165) is 43.2 Å². The van der Waals surface area contributed by atoms with Crippen molar-refractivity contribution in [1.82, 2.24) is 5.32 Å². The molecule has 1 aliphatic heterocycles. The largest absolute Gasteiger partial charge is 0.495 e. The summed E-state index contributed by atoms with van der Waals surface area (Å²) in [6.07, 6.45) is 0. The number of benzene rings is 2. The highest BCUT2D eigenvalue weighted by Gasteiger charge is 2.24. The van der Waals surface area contributed by atoms with Crippen LogP contribution < -0.4 is 19.9 Å². The summed E-state index contributed by atoms with van der Waals surface area (Å²) in [5, 5.41) is 3.79. The van der Waals surface area contributed by atoms with Gasteiger partial charge in [-0.3, -0.25) is 4.79 Å². The molecule has 1 saturated heterocycles. The van der Waals surface area contributed by atoms with E-state index in [0.29, 0.717) is 11.6 Å². The fourth-order valence-corrected chi connectivity index (χ4v) is 3.61. The molecule has 0 saturated carbocycles. The number of hydrogen-bond donors (Lipinski definition) is 2. The van der Waals surface area contributed by atoms with Crippen molar-refractivity contribution in [2.45, 2.75) is 13.0 Å². The minimum absolute atomic E-state index is 0.0240. The van der Waals surface area contributed by atoms with Gasteiger partial charge >= 0.3 is 0 Å². The molecule has 2 N–H and O–H groups in total. The molecule has 1 fully saturated rings. The van der Waals surface area contributed by atoms with Gasteiger partial charge in [0.25, 0.3) is 5.91 Å². The number of rotatable bonds is 6. The molecule has 6 heteroatoms. The highest BCUT2D eigenvalue weighted by atomic mass is 35.5. The highest BCUT2D eigenvalue weighted by molar-refractivity contribution is 6.30. The third-order valence-electron chi connectivity index (χ3n) is 5.05. The van der Waals surface area contributed by atoms with Crippen LogP contribution in [0.1, 0.15) is 18.5 Å². The molecule has 0 aliphatic carbocycles. The predicted molar refractivity (Wildman–Crippen MR) is 109 cm³/mol. The lowest BCUT2D eigenvalue weighted by atomic mass is 10.1. The maximum Gasteiger partial charge on any atom is 0.275 e. The molecule has 5 nitrogen and oxygen atoms in total. The van der Waals surface area contributed by atoms with Gasteiger partial charge in [-0.05, 0) is 36.8 Å². The number of nitrogens with one attached hydrogen (secondary N) is 2. The lowest BCUT2D eigenvalue weighted by Gasteiger charge is -2.34. The number of anilines is 1. The zero-order valence-electron chi connectivity index (χ0n) is 15.9. The lowest BCUT2D eigenvalue weighted by molar-refractivity contribution is -0.892. The van der Waals surface area contributed by atoms with Gasteiger partial charge in [0.15, 0.2) is 6.54 Å². The van der Waals surface area contributed by atoms with E-state index in [-0.39, 0.29) is 11.9 Å². The molecule has 0 radical (unpaired) electrons. The molecule has 0 unspecified atom stereocenters. The highest BCUT2D eigenvalue weighted by Crippen LogP contribution is 2.27. The maximum atomic E-state index is 12.4. The van der Waals surface area contributed by atoms with Gasteiger partial charge in [-0.2, -0.15) is 0 Å². The first-order valence-electron chi connectivity index (χ1n) is 9.33. The first-order chi connectivity index (χ1) is 13.1. The Balaban J connectivity index is 1.48. The Morgan fingerprint density at radius 1 is 1.19 bits per heavy atom. The number of piperazine rings is 1. The molecule has 27 heavy (non-hydrogen) atoms. The van der Waals surface area contributed by atoms with Crippen molar-refractivity contribution in [3.63, 3.8) is 0 Å². The third kappa shape index (κ3) is 5.15. The number of carbonyl (C=O) groups excluding carboxylic acids is 1. The summed E-state index contributed by atoms with van der Waals surface area (Å²) in [4.78, 5) is 16.1. The van der Waals surface area contributed by atoms with Crippen molar-refractivity contribution < 1.29 is 14.4 Å². The van der Waals surface area contributed by atoms with Crippen LogP contribution >= 0.6 is 11.6 Å². The van der Waals surface area contributed by atoms with Crippen molar-refractivity contribution in [3.8, 4) is 5.75 Å². The van der Waals surface area contributed by atoms with E-state index in [1.807, 2.05) is 49.4 Å². The molecule has 0 bridgehead atoms. The summed E-state index contributed by atoms with van der Waals surface area (Å²) in [7, 11) is 1.70. The van der Waals surface area contributed by atoms with E-state index in [1.165, 1.54) is 4.90 Å². The Hall–Kier alpha value is -2.24. The second-order valence-corrected chi connectivity index (χ2v) is 7.36. The van der Waals surface area contributed by atoms with Crippen LogP contribution in [0, 0.1) is 0 Å². The SMILES string of the molecule is COc1ccccc1N1CC[NH+](CC(=O)N[C@H](C)c2ccc(Cl)cc2)CC1. The summed E-state index contributed by atoms with van der Waals surface area (Å²) in [5.41, 5.74) is 2.18. The number of methoxy groups -OCH3 is 1. The Labute approximate surface area is 165 Å². The number of carbonyl (C=O) groups is 1. The van der Waals surface area contributed by atoms with Gasteiger partial charge in [0.1, 0.15) is 5.75 Å². The molecule has 1 atom stereocenters. The standard InChI is InChI=1S/C21H26ClN3O2/c1-16(17-7-9-18(22)10-8-17)23-21(26)15-24-11-13-25(14-12-24)19-5-3-4-6-20(19)27-2/h3-10,16H,11-15H2,1-2H3,(H,23,26)/p+1/t16-/m1/s1. The number of amides is 1. The van der Waals surface area contributed by atoms with Gasteiger partial charge in [-0.25, -0.2) is 0 Å². The molecule has 0 spiro atoms. The second kappa shape index (κ2) is 9.11. The molecular formula is C21H27ClN3O2+. The molecule has 0 aromatic heterocycles. The Bertz CT molecular complexity index is 758. The van der Waals surface area contributed by atoms with Crippen LogP contribution in [0.5, 0.6) is 5.75 Å². The number of ether oxygens (including phenoxy) is 1. The van der Waals surface area contributed by atoms with Crippen molar-refractivity contribution in [2.24, 2.45) is 0 Å². The van der Waals surface area contributed by atoms with Crippen LogP contribution in [0.25, 0.3) is 0 Å². The first kappa shape index (κ1) is 19.5. The van der Waals surface area contributed by atoms with E-state index >= 15 is 0 Å². The average Bonchev–Trinajstić information content (AvgIpc) is 2.69. The van der Waals surface area contributed by atoms with Gasteiger partial charge in [0.05, 0.1) is 45.0 Å². The van der Waals surface area contributed by atoms with Crippen LogP contribution in [0.15, 0.2) is 48.5 Å². The smallest absolute Gasteiger partial charge is 0.275 e. The van der Waals surface area contributed by atoms with Crippen LogP contribution in [0.2, 0.25) is 5.02 Å². The number of halogens is 1. The Kier molecular flexibility index (Phi) is 6.58. The van der Waals surface area contributed by atoms with Crippen molar-refractivity contribution in [3.05, 3.63) is 59.1 Å². The van der Waals surface area contributed by atoms with Crippen molar-refractivity contribution in [2.75, 3.05) is 44.7 Å². The van der Waals surface area contributed by atoms with E-state index in [9.17, 15) is 4.79 Å². The topological polar surface area (TPSA) is 46.0 Å². The summed E-state index contributed by atoms with van der Waals surface area (Å²) in [6, 6.07) is 15.7. The lowest BCUT2D eigenvalue weighted by Crippen LogP contribution is -3.15. The average molecular weight is 389 g/mol. The monoisotopic (exact) mass is 388 g/mol. The zero-order valence-corrected chi connectivity index (χ0v) is 16.6. The Morgan fingerprint density at radius 2 is 1.85 bits per heavy atom. The van der Waals surface area contributed by atoms with Crippen LogP contribution in [-0.2, 0) is 4.79 Å². The molecular weight excluding hydrogens is 362 g/mol. The van der Waals surface area contributed by atoms with Gasteiger partial charge in [0.2, 0.25) is 0 Å². The quantitative estimate of drug-likeness (QED) is 0.795. The molecule has 144 valence electrons. The third-order valence-corrected chi connectivity index (χ3v) is 5.31. The van der Waals surface area contributed by atoms with Gasteiger partial charge < -0.3 is 19.9 Å². The normalized spacial score (nSPS) is 16.0. The van der Waals surface area contributed by atoms with E-state index in [4.69, 9.17) is 16.3 Å².